The van der Waals surface area contributed by atoms with Crippen molar-refractivity contribution in [2.45, 2.75) is 18.8 Å². The highest BCUT2D eigenvalue weighted by Crippen LogP contribution is 2.29. The van der Waals surface area contributed by atoms with Crippen LogP contribution in [0.4, 0.5) is 5.82 Å². The van der Waals surface area contributed by atoms with Gasteiger partial charge in [-0.05, 0) is 12.8 Å². The van der Waals surface area contributed by atoms with Crippen molar-refractivity contribution in [1.29, 1.82) is 0 Å². The van der Waals surface area contributed by atoms with E-state index in [1.54, 1.807) is 18.6 Å². The molecule has 0 amide bonds. The van der Waals surface area contributed by atoms with Crippen molar-refractivity contribution >= 4 is 17.4 Å². The molecule has 0 aliphatic carbocycles. The molecule has 1 aliphatic rings. The zero-order valence-corrected chi connectivity index (χ0v) is 10.5. The first kappa shape index (κ1) is 11.5. The molecule has 2 aromatic rings. The summed E-state index contributed by atoms with van der Waals surface area (Å²) in [6, 6.07) is 0. The average Bonchev–Trinajstić information content (AvgIpc) is 2.93. The van der Waals surface area contributed by atoms with Crippen LogP contribution >= 0.6 is 11.6 Å². The fourth-order valence-corrected chi connectivity index (χ4v) is 2.45. The molecule has 94 valence electrons. The maximum atomic E-state index is 5.85. The molecule has 1 saturated heterocycles. The number of piperidine rings is 1. The summed E-state index contributed by atoms with van der Waals surface area (Å²) < 4.78 is 5.35. The van der Waals surface area contributed by atoms with Gasteiger partial charge in [-0.2, -0.15) is 0 Å². The Morgan fingerprint density at radius 3 is 2.67 bits per heavy atom. The SMILES string of the molecule is Clc1cncc(N2CCC(c3cnco3)CC2)n1. The molecular weight excluding hydrogens is 252 g/mol. The lowest BCUT2D eigenvalue weighted by molar-refractivity contribution is 0.404. The zero-order chi connectivity index (χ0) is 12.4. The van der Waals surface area contributed by atoms with Crippen LogP contribution in [0.15, 0.2) is 29.4 Å². The van der Waals surface area contributed by atoms with E-state index in [2.05, 4.69) is 19.9 Å². The third-order valence-electron chi connectivity index (χ3n) is 3.27. The predicted molar refractivity (Wildman–Crippen MR) is 67.7 cm³/mol. The van der Waals surface area contributed by atoms with Gasteiger partial charge in [0.25, 0.3) is 0 Å². The first-order chi connectivity index (χ1) is 8.83. The summed E-state index contributed by atoms with van der Waals surface area (Å²) in [6.45, 7) is 1.86. The summed E-state index contributed by atoms with van der Waals surface area (Å²) in [5, 5.41) is 0.435. The van der Waals surface area contributed by atoms with Gasteiger partial charge in [0.1, 0.15) is 16.7 Å². The quantitative estimate of drug-likeness (QED) is 0.834. The van der Waals surface area contributed by atoms with E-state index in [9.17, 15) is 0 Å². The van der Waals surface area contributed by atoms with Gasteiger partial charge < -0.3 is 9.32 Å². The molecule has 3 heterocycles. The van der Waals surface area contributed by atoms with Crippen molar-refractivity contribution in [3.8, 4) is 0 Å². The van der Waals surface area contributed by atoms with Crippen LogP contribution in [0.3, 0.4) is 0 Å². The van der Waals surface area contributed by atoms with Crippen molar-refractivity contribution in [2.75, 3.05) is 18.0 Å². The molecule has 0 atom stereocenters. The molecule has 1 fully saturated rings. The number of hydrogen-bond donors (Lipinski definition) is 0. The van der Waals surface area contributed by atoms with E-state index in [-0.39, 0.29) is 0 Å². The van der Waals surface area contributed by atoms with Gasteiger partial charge in [0.2, 0.25) is 0 Å². The van der Waals surface area contributed by atoms with Crippen molar-refractivity contribution in [2.24, 2.45) is 0 Å². The van der Waals surface area contributed by atoms with Crippen molar-refractivity contribution in [1.82, 2.24) is 15.0 Å². The van der Waals surface area contributed by atoms with Gasteiger partial charge in [0.15, 0.2) is 6.39 Å². The Kier molecular flexibility index (Phi) is 3.15. The molecule has 0 unspecified atom stereocenters. The van der Waals surface area contributed by atoms with Crippen LogP contribution in [0.25, 0.3) is 0 Å². The van der Waals surface area contributed by atoms with Crippen LogP contribution in [0.1, 0.15) is 24.5 Å². The summed E-state index contributed by atoms with van der Waals surface area (Å²) in [4.78, 5) is 14.5. The molecule has 0 spiro atoms. The van der Waals surface area contributed by atoms with Gasteiger partial charge in [0.05, 0.1) is 18.6 Å². The monoisotopic (exact) mass is 264 g/mol. The van der Waals surface area contributed by atoms with Gasteiger partial charge in [-0.25, -0.2) is 9.97 Å². The minimum Gasteiger partial charge on any atom is -0.448 e. The average molecular weight is 265 g/mol. The lowest BCUT2D eigenvalue weighted by Crippen LogP contribution is -2.33. The van der Waals surface area contributed by atoms with E-state index in [0.717, 1.165) is 37.5 Å². The van der Waals surface area contributed by atoms with Crippen LogP contribution in [0.5, 0.6) is 0 Å². The lowest BCUT2D eigenvalue weighted by Gasteiger charge is -2.31. The number of aromatic nitrogens is 3. The van der Waals surface area contributed by atoms with Gasteiger partial charge in [-0.15, -0.1) is 0 Å². The van der Waals surface area contributed by atoms with E-state index in [0.29, 0.717) is 11.1 Å². The first-order valence-corrected chi connectivity index (χ1v) is 6.31. The normalized spacial score (nSPS) is 17.1. The second-order valence-corrected chi connectivity index (χ2v) is 4.75. The van der Waals surface area contributed by atoms with Crippen LogP contribution in [0.2, 0.25) is 5.15 Å². The zero-order valence-electron chi connectivity index (χ0n) is 9.79. The Morgan fingerprint density at radius 1 is 1.17 bits per heavy atom. The number of halogens is 1. The van der Waals surface area contributed by atoms with E-state index in [1.807, 2.05) is 0 Å². The van der Waals surface area contributed by atoms with Crippen molar-refractivity contribution in [3.63, 3.8) is 0 Å². The summed E-state index contributed by atoms with van der Waals surface area (Å²) in [5.74, 6) is 2.28. The topological polar surface area (TPSA) is 55.1 Å². The maximum absolute atomic E-state index is 5.85. The molecule has 0 bridgehead atoms. The Labute approximate surface area is 110 Å². The second-order valence-electron chi connectivity index (χ2n) is 4.37. The molecule has 1 aliphatic heterocycles. The van der Waals surface area contributed by atoms with Gasteiger partial charge >= 0.3 is 0 Å². The highest BCUT2D eigenvalue weighted by atomic mass is 35.5. The molecule has 0 saturated carbocycles. The van der Waals surface area contributed by atoms with Crippen molar-refractivity contribution < 1.29 is 4.42 Å². The molecule has 2 aromatic heterocycles. The third-order valence-corrected chi connectivity index (χ3v) is 3.45. The van der Waals surface area contributed by atoms with E-state index < -0.39 is 0 Å². The molecule has 5 nitrogen and oxygen atoms in total. The van der Waals surface area contributed by atoms with Crippen LogP contribution in [-0.2, 0) is 0 Å². The Bertz CT molecular complexity index is 509. The van der Waals surface area contributed by atoms with Gasteiger partial charge in [-0.3, -0.25) is 4.98 Å². The second kappa shape index (κ2) is 4.94. The molecular formula is C12H13ClN4O. The Morgan fingerprint density at radius 2 is 2.00 bits per heavy atom. The van der Waals surface area contributed by atoms with Gasteiger partial charge in [0, 0.05) is 19.0 Å². The maximum Gasteiger partial charge on any atom is 0.180 e. The first-order valence-electron chi connectivity index (χ1n) is 5.94. The molecule has 18 heavy (non-hydrogen) atoms. The molecule has 0 aromatic carbocycles. The number of anilines is 1. The molecule has 0 radical (unpaired) electrons. The molecule has 6 heteroatoms. The fraction of sp³-hybridized carbons (Fsp3) is 0.417. The predicted octanol–water partition coefficient (Wildman–Crippen LogP) is 2.50. The van der Waals surface area contributed by atoms with E-state index >= 15 is 0 Å². The fourth-order valence-electron chi connectivity index (χ4n) is 2.31. The lowest BCUT2D eigenvalue weighted by atomic mass is 9.95. The minimum absolute atomic E-state index is 0.435. The summed E-state index contributed by atoms with van der Waals surface area (Å²) in [6.07, 6.45) is 8.66. The molecule has 0 N–H and O–H groups in total. The highest BCUT2D eigenvalue weighted by Gasteiger charge is 2.23. The van der Waals surface area contributed by atoms with Crippen molar-refractivity contribution in [3.05, 3.63) is 35.9 Å². The number of oxazole rings is 1. The Hall–Kier alpha value is -1.62. The third kappa shape index (κ3) is 2.31. The van der Waals surface area contributed by atoms with E-state index in [4.69, 9.17) is 16.0 Å². The molecule has 3 rings (SSSR count). The van der Waals surface area contributed by atoms with Crippen LogP contribution in [-0.4, -0.2) is 28.0 Å². The van der Waals surface area contributed by atoms with Gasteiger partial charge in [-0.1, -0.05) is 11.6 Å². The minimum atomic E-state index is 0.435. The van der Waals surface area contributed by atoms with Crippen LogP contribution < -0.4 is 4.90 Å². The number of nitrogens with zero attached hydrogens (tertiary/aromatic N) is 4. The summed E-state index contributed by atoms with van der Waals surface area (Å²) in [5.41, 5.74) is 0. The summed E-state index contributed by atoms with van der Waals surface area (Å²) >= 11 is 5.85. The van der Waals surface area contributed by atoms with Crippen LogP contribution in [0, 0.1) is 0 Å². The largest absolute Gasteiger partial charge is 0.448 e. The summed E-state index contributed by atoms with van der Waals surface area (Å²) in [7, 11) is 0. The standard InChI is InChI=1S/C12H13ClN4O/c13-11-6-14-7-12(16-11)17-3-1-9(2-4-17)10-5-15-8-18-10/h5-9H,1-4H2. The highest BCUT2D eigenvalue weighted by molar-refractivity contribution is 6.29. The number of rotatable bonds is 2. The number of hydrogen-bond acceptors (Lipinski definition) is 5. The van der Waals surface area contributed by atoms with E-state index in [1.165, 1.54) is 6.39 Å². The Balaban J connectivity index is 1.67. The smallest absolute Gasteiger partial charge is 0.180 e.